The number of ether oxygens (including phenoxy) is 1. The first-order valence-corrected chi connectivity index (χ1v) is 6.46. The molecule has 92 valence electrons. The predicted molar refractivity (Wildman–Crippen MR) is 73.8 cm³/mol. The molecular weight excluding hydrogens is 244 g/mol. The highest BCUT2D eigenvalue weighted by molar-refractivity contribution is 7.16. The maximum Gasteiger partial charge on any atom is 0.118 e. The van der Waals surface area contributed by atoms with Crippen molar-refractivity contribution in [2.24, 2.45) is 0 Å². The van der Waals surface area contributed by atoms with Gasteiger partial charge in [0.25, 0.3) is 0 Å². The molecular formula is C14H14N2OS. The molecule has 0 aliphatic heterocycles. The summed E-state index contributed by atoms with van der Waals surface area (Å²) in [5, 5.41) is 9.45. The molecule has 0 aliphatic rings. The molecule has 1 aromatic heterocycles. The van der Waals surface area contributed by atoms with Gasteiger partial charge in [-0.15, -0.1) is 11.3 Å². The summed E-state index contributed by atoms with van der Waals surface area (Å²) < 4.78 is 5.12. The summed E-state index contributed by atoms with van der Waals surface area (Å²) in [6, 6.07) is 12.0. The highest BCUT2D eigenvalue weighted by Crippen LogP contribution is 2.25. The number of rotatable bonds is 4. The Morgan fingerprint density at radius 1 is 1.28 bits per heavy atom. The average molecular weight is 258 g/mol. The number of benzene rings is 1. The van der Waals surface area contributed by atoms with Crippen LogP contribution in [0.5, 0.6) is 5.75 Å². The van der Waals surface area contributed by atoms with Crippen molar-refractivity contribution in [3.05, 3.63) is 46.3 Å². The quantitative estimate of drug-likeness (QED) is 0.917. The van der Waals surface area contributed by atoms with E-state index in [1.165, 1.54) is 16.9 Å². The van der Waals surface area contributed by atoms with Crippen LogP contribution in [0.1, 0.15) is 16.0 Å². The lowest BCUT2D eigenvalue weighted by Crippen LogP contribution is -1.89. The number of methoxy groups -OCH3 is 1. The number of aryl methyl sites for hydroxylation is 2. The van der Waals surface area contributed by atoms with Crippen LogP contribution >= 0.6 is 11.3 Å². The number of hydrogen-bond donors (Lipinski definition) is 1. The molecule has 2 aromatic rings. The monoisotopic (exact) mass is 258 g/mol. The minimum atomic E-state index is 0.588. The van der Waals surface area contributed by atoms with Crippen molar-refractivity contribution < 1.29 is 4.74 Å². The molecule has 18 heavy (non-hydrogen) atoms. The number of nitrogens with two attached hydrogens (primary N) is 1. The summed E-state index contributed by atoms with van der Waals surface area (Å²) in [5.41, 5.74) is 7.58. The van der Waals surface area contributed by atoms with Crippen LogP contribution in [-0.2, 0) is 12.8 Å². The topological polar surface area (TPSA) is 59.0 Å². The van der Waals surface area contributed by atoms with E-state index in [1.54, 1.807) is 7.11 Å². The standard InChI is InChI=1S/C14H14N2OS/c1-17-12-5-2-10(3-6-12)4-7-13-8-11(9-15)14(16)18-13/h2-3,5-6,8H,4,7,16H2,1H3. The fourth-order valence-corrected chi connectivity index (χ4v) is 2.61. The predicted octanol–water partition coefficient (Wildman–Crippen LogP) is 3.00. The van der Waals surface area contributed by atoms with E-state index in [4.69, 9.17) is 15.7 Å². The van der Waals surface area contributed by atoms with Gasteiger partial charge in [-0.05, 0) is 36.6 Å². The van der Waals surface area contributed by atoms with E-state index in [1.807, 2.05) is 18.2 Å². The van der Waals surface area contributed by atoms with Gasteiger partial charge in [-0.25, -0.2) is 0 Å². The van der Waals surface area contributed by atoms with E-state index in [-0.39, 0.29) is 0 Å². The molecule has 0 unspecified atom stereocenters. The third kappa shape index (κ3) is 2.82. The van der Waals surface area contributed by atoms with Gasteiger partial charge in [0.1, 0.15) is 16.8 Å². The zero-order valence-electron chi connectivity index (χ0n) is 10.1. The van der Waals surface area contributed by atoms with Crippen molar-refractivity contribution in [1.82, 2.24) is 0 Å². The van der Waals surface area contributed by atoms with E-state index in [2.05, 4.69) is 18.2 Å². The lowest BCUT2D eigenvalue weighted by Gasteiger charge is -2.02. The summed E-state index contributed by atoms with van der Waals surface area (Å²) in [4.78, 5) is 1.15. The number of nitriles is 1. The fourth-order valence-electron chi connectivity index (χ4n) is 1.73. The van der Waals surface area contributed by atoms with Crippen LogP contribution in [0, 0.1) is 11.3 Å². The van der Waals surface area contributed by atoms with Crippen molar-refractivity contribution in [3.8, 4) is 11.8 Å². The lowest BCUT2D eigenvalue weighted by molar-refractivity contribution is 0.414. The second-order valence-corrected chi connectivity index (χ2v) is 5.12. The van der Waals surface area contributed by atoms with E-state index < -0.39 is 0 Å². The van der Waals surface area contributed by atoms with Crippen LogP contribution in [0.4, 0.5) is 5.00 Å². The van der Waals surface area contributed by atoms with Crippen molar-refractivity contribution in [2.75, 3.05) is 12.8 Å². The second kappa shape index (κ2) is 5.56. The van der Waals surface area contributed by atoms with Gasteiger partial charge >= 0.3 is 0 Å². The number of hydrogen-bond acceptors (Lipinski definition) is 4. The SMILES string of the molecule is COc1ccc(CCc2cc(C#N)c(N)s2)cc1. The van der Waals surface area contributed by atoms with Crippen molar-refractivity contribution in [3.63, 3.8) is 0 Å². The Hall–Kier alpha value is -1.99. The molecule has 0 radical (unpaired) electrons. The van der Waals surface area contributed by atoms with Crippen molar-refractivity contribution in [2.45, 2.75) is 12.8 Å². The Bertz CT molecular complexity index is 566. The van der Waals surface area contributed by atoms with Crippen LogP contribution in [0.25, 0.3) is 0 Å². The highest BCUT2D eigenvalue weighted by Gasteiger charge is 2.05. The third-order valence-corrected chi connectivity index (χ3v) is 3.78. The van der Waals surface area contributed by atoms with Crippen LogP contribution in [-0.4, -0.2) is 7.11 Å². The van der Waals surface area contributed by atoms with E-state index in [9.17, 15) is 0 Å². The second-order valence-electron chi connectivity index (χ2n) is 3.95. The van der Waals surface area contributed by atoms with Gasteiger partial charge in [0.2, 0.25) is 0 Å². The van der Waals surface area contributed by atoms with Gasteiger partial charge in [0.05, 0.1) is 12.7 Å². The Morgan fingerprint density at radius 2 is 2.00 bits per heavy atom. The molecule has 3 nitrogen and oxygen atoms in total. The van der Waals surface area contributed by atoms with Crippen molar-refractivity contribution >= 4 is 16.3 Å². The molecule has 4 heteroatoms. The molecule has 0 amide bonds. The van der Waals surface area contributed by atoms with Crippen LogP contribution in [0.2, 0.25) is 0 Å². The Labute approximate surface area is 110 Å². The van der Waals surface area contributed by atoms with E-state index >= 15 is 0 Å². The largest absolute Gasteiger partial charge is 0.497 e. The minimum Gasteiger partial charge on any atom is -0.497 e. The van der Waals surface area contributed by atoms with Crippen molar-refractivity contribution in [1.29, 1.82) is 5.26 Å². The smallest absolute Gasteiger partial charge is 0.118 e. The first kappa shape index (κ1) is 12.5. The molecule has 0 saturated carbocycles. The van der Waals surface area contributed by atoms with Gasteiger partial charge in [0, 0.05) is 4.88 Å². The van der Waals surface area contributed by atoms with Gasteiger partial charge in [-0.1, -0.05) is 12.1 Å². The lowest BCUT2D eigenvalue weighted by atomic mass is 10.1. The number of nitrogen functional groups attached to an aromatic ring is 1. The maximum atomic E-state index is 8.84. The first-order valence-electron chi connectivity index (χ1n) is 5.64. The summed E-state index contributed by atoms with van der Waals surface area (Å²) in [6.07, 6.45) is 1.84. The Balaban J connectivity index is 2.00. The fraction of sp³-hybridized carbons (Fsp3) is 0.214. The van der Waals surface area contributed by atoms with Crippen LogP contribution < -0.4 is 10.5 Å². The molecule has 2 N–H and O–H groups in total. The average Bonchev–Trinajstić information content (AvgIpc) is 2.77. The number of nitrogens with zero attached hydrogens (tertiary/aromatic N) is 1. The zero-order valence-corrected chi connectivity index (χ0v) is 11.0. The molecule has 2 rings (SSSR count). The molecule has 0 bridgehead atoms. The Kier molecular flexibility index (Phi) is 3.85. The molecule has 0 spiro atoms. The van der Waals surface area contributed by atoms with Crippen LogP contribution in [0.15, 0.2) is 30.3 Å². The Morgan fingerprint density at radius 3 is 2.56 bits per heavy atom. The first-order chi connectivity index (χ1) is 8.72. The third-order valence-electron chi connectivity index (χ3n) is 2.75. The molecule has 1 aromatic carbocycles. The molecule has 0 atom stereocenters. The number of anilines is 1. The minimum absolute atomic E-state index is 0.588. The highest BCUT2D eigenvalue weighted by atomic mass is 32.1. The zero-order chi connectivity index (χ0) is 13.0. The van der Waals surface area contributed by atoms with E-state index in [0.717, 1.165) is 23.5 Å². The normalized spacial score (nSPS) is 10.0. The van der Waals surface area contributed by atoms with Gasteiger partial charge in [-0.2, -0.15) is 5.26 Å². The number of thiophene rings is 1. The van der Waals surface area contributed by atoms with Gasteiger partial charge in [0.15, 0.2) is 0 Å². The summed E-state index contributed by atoms with van der Waals surface area (Å²) in [6.45, 7) is 0. The summed E-state index contributed by atoms with van der Waals surface area (Å²) in [7, 11) is 1.66. The molecule has 0 saturated heterocycles. The molecule has 0 fully saturated rings. The summed E-state index contributed by atoms with van der Waals surface area (Å²) >= 11 is 1.50. The van der Waals surface area contributed by atoms with Gasteiger partial charge < -0.3 is 10.5 Å². The summed E-state index contributed by atoms with van der Waals surface area (Å²) in [5.74, 6) is 0.867. The molecule has 1 heterocycles. The maximum absolute atomic E-state index is 8.84. The van der Waals surface area contributed by atoms with E-state index in [0.29, 0.717) is 10.6 Å². The van der Waals surface area contributed by atoms with Crippen LogP contribution in [0.3, 0.4) is 0 Å². The van der Waals surface area contributed by atoms with Gasteiger partial charge in [-0.3, -0.25) is 0 Å². The molecule has 0 aliphatic carbocycles.